The molecule has 4 nitrogen and oxygen atoms in total. The van der Waals surface area contributed by atoms with Crippen LogP contribution in [0.5, 0.6) is 0 Å². The van der Waals surface area contributed by atoms with Gasteiger partial charge in [-0.2, -0.15) is 0 Å². The number of para-hydroxylation sites is 1. The van der Waals surface area contributed by atoms with Crippen molar-refractivity contribution in [3.63, 3.8) is 0 Å². The van der Waals surface area contributed by atoms with Crippen LogP contribution in [0.2, 0.25) is 0 Å². The van der Waals surface area contributed by atoms with Crippen LogP contribution in [0.1, 0.15) is 16.7 Å². The molecule has 0 amide bonds. The van der Waals surface area contributed by atoms with Crippen molar-refractivity contribution in [3.8, 4) is 0 Å². The molecule has 4 heteroatoms. The Balaban J connectivity index is 2.18. The largest absolute Gasteiger partial charge is 0.409 e. The molecule has 20 heavy (non-hydrogen) atoms. The Bertz CT molecular complexity index is 608. The molecule has 104 valence electrons. The van der Waals surface area contributed by atoms with Gasteiger partial charge in [-0.25, -0.2) is 0 Å². The molecule has 0 saturated heterocycles. The molecule has 2 aromatic carbocycles. The predicted octanol–water partition coefficient (Wildman–Crippen LogP) is 2.73. The molecule has 0 aliphatic rings. The molecule has 0 aliphatic heterocycles. The van der Waals surface area contributed by atoms with E-state index in [1.807, 2.05) is 43.3 Å². The standard InChI is InChI=1S/C16H19N3O/c1-12-10-13(16(17)18-20)8-9-14(12)11-19(2)15-6-4-3-5-7-15/h3-10,20H,11H2,1-2H3,(H2,17,18). The van der Waals surface area contributed by atoms with E-state index in [1.165, 1.54) is 11.3 Å². The van der Waals surface area contributed by atoms with Crippen molar-refractivity contribution in [2.45, 2.75) is 13.5 Å². The fourth-order valence-corrected chi connectivity index (χ4v) is 2.12. The van der Waals surface area contributed by atoms with Gasteiger partial charge >= 0.3 is 0 Å². The van der Waals surface area contributed by atoms with Gasteiger partial charge in [-0.05, 0) is 36.2 Å². The number of amidine groups is 1. The maximum absolute atomic E-state index is 8.70. The number of rotatable bonds is 4. The molecule has 0 saturated carbocycles. The number of hydrogen-bond donors (Lipinski definition) is 2. The van der Waals surface area contributed by atoms with Crippen LogP contribution in [0.3, 0.4) is 0 Å². The van der Waals surface area contributed by atoms with Crippen molar-refractivity contribution in [2.75, 3.05) is 11.9 Å². The summed E-state index contributed by atoms with van der Waals surface area (Å²) in [6.45, 7) is 2.84. The van der Waals surface area contributed by atoms with Crippen molar-refractivity contribution in [3.05, 3.63) is 65.2 Å². The highest BCUT2D eigenvalue weighted by atomic mass is 16.4. The summed E-state index contributed by atoms with van der Waals surface area (Å²) in [5, 5.41) is 11.7. The lowest BCUT2D eigenvalue weighted by Crippen LogP contribution is -2.18. The summed E-state index contributed by atoms with van der Waals surface area (Å²) < 4.78 is 0. The molecule has 0 unspecified atom stereocenters. The zero-order valence-electron chi connectivity index (χ0n) is 11.7. The second-order valence-corrected chi connectivity index (χ2v) is 4.82. The van der Waals surface area contributed by atoms with Gasteiger partial charge in [0.05, 0.1) is 0 Å². The second kappa shape index (κ2) is 6.10. The molecule has 0 atom stereocenters. The fraction of sp³-hybridized carbons (Fsp3) is 0.188. The van der Waals surface area contributed by atoms with E-state index in [0.717, 1.165) is 17.7 Å². The van der Waals surface area contributed by atoms with Gasteiger partial charge in [-0.3, -0.25) is 0 Å². The van der Waals surface area contributed by atoms with Gasteiger partial charge in [0.2, 0.25) is 0 Å². The van der Waals surface area contributed by atoms with E-state index in [1.54, 1.807) is 0 Å². The number of anilines is 1. The van der Waals surface area contributed by atoms with E-state index in [-0.39, 0.29) is 5.84 Å². The molecule has 0 bridgehead atoms. The fourth-order valence-electron chi connectivity index (χ4n) is 2.12. The zero-order valence-corrected chi connectivity index (χ0v) is 11.7. The minimum Gasteiger partial charge on any atom is -0.409 e. The van der Waals surface area contributed by atoms with Crippen molar-refractivity contribution >= 4 is 11.5 Å². The van der Waals surface area contributed by atoms with E-state index < -0.39 is 0 Å². The average Bonchev–Trinajstić information content (AvgIpc) is 2.49. The maximum Gasteiger partial charge on any atom is 0.170 e. The summed E-state index contributed by atoms with van der Waals surface area (Å²) in [6.07, 6.45) is 0. The van der Waals surface area contributed by atoms with Crippen molar-refractivity contribution in [1.82, 2.24) is 0 Å². The number of aryl methyl sites for hydroxylation is 1. The van der Waals surface area contributed by atoms with E-state index in [2.05, 4.69) is 29.2 Å². The van der Waals surface area contributed by atoms with Gasteiger partial charge < -0.3 is 15.8 Å². The summed E-state index contributed by atoms with van der Waals surface area (Å²) in [7, 11) is 2.06. The first-order chi connectivity index (χ1) is 9.61. The predicted molar refractivity (Wildman–Crippen MR) is 82.2 cm³/mol. The quantitative estimate of drug-likeness (QED) is 0.388. The van der Waals surface area contributed by atoms with Crippen molar-refractivity contribution in [1.29, 1.82) is 0 Å². The third-order valence-electron chi connectivity index (χ3n) is 3.35. The van der Waals surface area contributed by atoms with Crippen LogP contribution in [0, 0.1) is 6.92 Å². The molecule has 0 fully saturated rings. The Kier molecular flexibility index (Phi) is 4.25. The van der Waals surface area contributed by atoms with Gasteiger partial charge in [-0.15, -0.1) is 0 Å². The first-order valence-electron chi connectivity index (χ1n) is 6.45. The molecule has 0 aliphatic carbocycles. The SMILES string of the molecule is Cc1cc(/C(N)=N/O)ccc1CN(C)c1ccccc1. The minimum atomic E-state index is 0.135. The number of nitrogens with two attached hydrogens (primary N) is 1. The molecule has 0 spiro atoms. The number of nitrogens with zero attached hydrogens (tertiary/aromatic N) is 2. The molecule has 2 rings (SSSR count). The monoisotopic (exact) mass is 269 g/mol. The number of oxime groups is 1. The highest BCUT2D eigenvalue weighted by molar-refractivity contribution is 5.97. The Morgan fingerprint density at radius 2 is 1.90 bits per heavy atom. The summed E-state index contributed by atoms with van der Waals surface area (Å²) in [5.74, 6) is 0.135. The minimum absolute atomic E-state index is 0.135. The number of benzene rings is 2. The summed E-state index contributed by atoms with van der Waals surface area (Å²) in [6, 6.07) is 16.1. The van der Waals surface area contributed by atoms with E-state index in [4.69, 9.17) is 10.9 Å². The van der Waals surface area contributed by atoms with Gasteiger partial charge in [0.1, 0.15) is 0 Å². The van der Waals surface area contributed by atoms with Crippen LogP contribution in [0.25, 0.3) is 0 Å². The van der Waals surface area contributed by atoms with E-state index in [0.29, 0.717) is 0 Å². The number of hydrogen-bond acceptors (Lipinski definition) is 3. The van der Waals surface area contributed by atoms with Crippen LogP contribution in [0.4, 0.5) is 5.69 Å². The Hall–Kier alpha value is -2.49. The lowest BCUT2D eigenvalue weighted by atomic mass is 10.0. The second-order valence-electron chi connectivity index (χ2n) is 4.82. The van der Waals surface area contributed by atoms with Gasteiger partial charge in [0.25, 0.3) is 0 Å². The average molecular weight is 269 g/mol. The lowest BCUT2D eigenvalue weighted by molar-refractivity contribution is 0.318. The van der Waals surface area contributed by atoms with E-state index in [9.17, 15) is 0 Å². The summed E-state index contributed by atoms with van der Waals surface area (Å²) in [5.41, 5.74) is 9.84. The van der Waals surface area contributed by atoms with Gasteiger partial charge in [0.15, 0.2) is 5.84 Å². The maximum atomic E-state index is 8.70. The van der Waals surface area contributed by atoms with Crippen molar-refractivity contribution < 1.29 is 5.21 Å². The first-order valence-corrected chi connectivity index (χ1v) is 6.45. The first kappa shape index (κ1) is 13.9. The third kappa shape index (κ3) is 3.09. The Morgan fingerprint density at radius 1 is 1.20 bits per heavy atom. The van der Waals surface area contributed by atoms with Crippen LogP contribution >= 0.6 is 0 Å². The topological polar surface area (TPSA) is 61.9 Å². The van der Waals surface area contributed by atoms with E-state index >= 15 is 0 Å². The molecule has 2 aromatic rings. The normalized spacial score (nSPS) is 11.4. The molecule has 0 heterocycles. The van der Waals surface area contributed by atoms with Crippen LogP contribution in [-0.2, 0) is 6.54 Å². The Labute approximate surface area is 119 Å². The molecule has 3 N–H and O–H groups in total. The summed E-state index contributed by atoms with van der Waals surface area (Å²) >= 11 is 0. The highest BCUT2D eigenvalue weighted by Gasteiger charge is 2.06. The molecule has 0 aromatic heterocycles. The van der Waals surface area contributed by atoms with Crippen LogP contribution in [-0.4, -0.2) is 18.1 Å². The zero-order chi connectivity index (χ0) is 14.5. The van der Waals surface area contributed by atoms with Crippen LogP contribution in [0.15, 0.2) is 53.7 Å². The molecule has 0 radical (unpaired) electrons. The lowest BCUT2D eigenvalue weighted by Gasteiger charge is -2.20. The highest BCUT2D eigenvalue weighted by Crippen LogP contribution is 2.18. The third-order valence-corrected chi connectivity index (χ3v) is 3.35. The van der Waals surface area contributed by atoms with Crippen molar-refractivity contribution in [2.24, 2.45) is 10.9 Å². The summed E-state index contributed by atoms with van der Waals surface area (Å²) in [4.78, 5) is 2.19. The molecular weight excluding hydrogens is 250 g/mol. The molecular formula is C16H19N3O. The smallest absolute Gasteiger partial charge is 0.170 e. The van der Waals surface area contributed by atoms with Gasteiger partial charge in [-0.1, -0.05) is 35.5 Å². The van der Waals surface area contributed by atoms with Crippen LogP contribution < -0.4 is 10.6 Å². The van der Waals surface area contributed by atoms with Gasteiger partial charge in [0, 0.05) is 24.8 Å². The Morgan fingerprint density at radius 3 is 2.50 bits per heavy atom.